The van der Waals surface area contributed by atoms with Crippen LogP contribution in [0.2, 0.25) is 0 Å². The number of nitrogens with zero attached hydrogens (tertiary/aromatic N) is 1. The molecule has 2 N–H and O–H groups in total. The van der Waals surface area contributed by atoms with Gasteiger partial charge in [0.25, 0.3) is 5.56 Å². The first-order valence-electron chi connectivity index (χ1n) is 10.2. The number of alkyl halides is 3. The molecule has 9 heteroatoms. The van der Waals surface area contributed by atoms with E-state index in [0.717, 1.165) is 19.0 Å². The number of nitrogens with one attached hydrogen (secondary N) is 2. The highest BCUT2D eigenvalue weighted by molar-refractivity contribution is 6.03. The second-order valence-corrected chi connectivity index (χ2v) is 7.93. The number of carbonyl (C=O) groups excluding carboxylic acids is 1. The smallest absolute Gasteiger partial charge is 0.325 e. The van der Waals surface area contributed by atoms with Crippen molar-refractivity contribution < 1.29 is 22.4 Å². The predicted octanol–water partition coefficient (Wildman–Crippen LogP) is 4.18. The van der Waals surface area contributed by atoms with E-state index in [1.165, 1.54) is 0 Å². The van der Waals surface area contributed by atoms with Crippen molar-refractivity contribution in [3.63, 3.8) is 0 Å². The van der Waals surface area contributed by atoms with Crippen molar-refractivity contribution in [3.8, 4) is 0 Å². The van der Waals surface area contributed by atoms with Crippen LogP contribution >= 0.6 is 0 Å². The first-order chi connectivity index (χ1) is 15.1. The molecule has 1 fully saturated rings. The fraction of sp³-hybridized carbons (Fsp3) is 0.304. The quantitative estimate of drug-likeness (QED) is 0.590. The largest absolute Gasteiger partial charge is 0.419 e. The lowest BCUT2D eigenvalue weighted by Gasteiger charge is -2.16. The van der Waals surface area contributed by atoms with Gasteiger partial charge in [-0.25, -0.2) is 4.39 Å². The van der Waals surface area contributed by atoms with Crippen LogP contribution in [0.1, 0.15) is 29.2 Å². The molecule has 1 aliphatic rings. The summed E-state index contributed by atoms with van der Waals surface area (Å²) < 4.78 is 54.0. The number of carbonyl (C=O) groups is 1. The summed E-state index contributed by atoms with van der Waals surface area (Å²) in [6.45, 7) is 3.31. The average Bonchev–Trinajstić information content (AvgIpc) is 3.25. The van der Waals surface area contributed by atoms with Gasteiger partial charge in [-0.1, -0.05) is 12.1 Å². The van der Waals surface area contributed by atoms with Gasteiger partial charge in [0.15, 0.2) is 0 Å². The van der Waals surface area contributed by atoms with Crippen LogP contribution in [0.4, 0.5) is 23.2 Å². The minimum atomic E-state index is -4.85. The Morgan fingerprint density at radius 2 is 1.97 bits per heavy atom. The van der Waals surface area contributed by atoms with Gasteiger partial charge < -0.3 is 15.2 Å². The molecule has 1 amide bonds. The third-order valence-corrected chi connectivity index (χ3v) is 5.71. The van der Waals surface area contributed by atoms with E-state index < -0.39 is 23.5 Å². The summed E-state index contributed by atoms with van der Waals surface area (Å²) in [5.41, 5.74) is -0.406. The van der Waals surface area contributed by atoms with Crippen molar-refractivity contribution in [2.45, 2.75) is 32.0 Å². The number of fused-ring (bicyclic) bond motifs is 1. The maximum absolute atomic E-state index is 13.5. The number of aryl methyl sites for hydroxylation is 1. The number of halogens is 4. The van der Waals surface area contributed by atoms with Crippen LogP contribution < -0.4 is 16.2 Å². The predicted molar refractivity (Wildman–Crippen MR) is 113 cm³/mol. The summed E-state index contributed by atoms with van der Waals surface area (Å²) in [4.78, 5) is 25.6. The van der Waals surface area contributed by atoms with Crippen LogP contribution in [-0.4, -0.2) is 23.6 Å². The second-order valence-electron chi connectivity index (χ2n) is 7.93. The molecule has 32 heavy (non-hydrogen) atoms. The molecule has 0 spiro atoms. The number of anilines is 1. The Kier molecular flexibility index (Phi) is 5.77. The van der Waals surface area contributed by atoms with Crippen LogP contribution in [-0.2, 0) is 17.4 Å². The van der Waals surface area contributed by atoms with Crippen molar-refractivity contribution in [1.82, 2.24) is 9.88 Å². The summed E-state index contributed by atoms with van der Waals surface area (Å²) in [5.74, 6) is -1.95. The molecule has 1 unspecified atom stereocenters. The van der Waals surface area contributed by atoms with E-state index in [1.807, 2.05) is 0 Å². The van der Waals surface area contributed by atoms with E-state index in [2.05, 4.69) is 10.6 Å². The molecule has 1 aliphatic heterocycles. The van der Waals surface area contributed by atoms with Crippen LogP contribution in [0.15, 0.2) is 47.4 Å². The lowest BCUT2D eigenvalue weighted by molar-refractivity contribution is -0.140. The minimum Gasteiger partial charge on any atom is -0.325 e. The summed E-state index contributed by atoms with van der Waals surface area (Å²) in [6.07, 6.45) is -2.67. The van der Waals surface area contributed by atoms with Crippen LogP contribution in [0.25, 0.3) is 10.8 Å². The van der Waals surface area contributed by atoms with Crippen molar-refractivity contribution in [1.29, 1.82) is 0 Å². The summed E-state index contributed by atoms with van der Waals surface area (Å²) >= 11 is 0. The molecule has 0 aliphatic carbocycles. The van der Waals surface area contributed by atoms with Crippen LogP contribution in [0.3, 0.4) is 0 Å². The standard InChI is InChI=1S/C23H21F4N3O2/c1-13-2-4-17-16(7-9-30(22(17)32)15-6-8-28-12-15)21(13)29-20(31)11-14-3-5-19(24)18(10-14)23(25,26)27/h2-5,7,9-10,15,28H,6,8,11-12H2,1H3,(H,29,31). The lowest BCUT2D eigenvalue weighted by atomic mass is 10.0. The fourth-order valence-corrected chi connectivity index (χ4v) is 4.05. The topological polar surface area (TPSA) is 63.1 Å². The molecule has 5 nitrogen and oxygen atoms in total. The van der Waals surface area contributed by atoms with E-state index in [1.54, 1.807) is 35.9 Å². The van der Waals surface area contributed by atoms with E-state index in [0.29, 0.717) is 40.7 Å². The minimum absolute atomic E-state index is 0.0326. The van der Waals surface area contributed by atoms with Gasteiger partial charge >= 0.3 is 6.18 Å². The molecule has 0 saturated carbocycles. The molecule has 0 bridgehead atoms. The molecule has 4 rings (SSSR count). The van der Waals surface area contributed by atoms with Gasteiger partial charge in [0.05, 0.1) is 23.7 Å². The van der Waals surface area contributed by atoms with Crippen molar-refractivity contribution in [3.05, 3.63) is 75.5 Å². The number of hydrogen-bond donors (Lipinski definition) is 2. The molecule has 1 saturated heterocycles. The Balaban J connectivity index is 1.63. The van der Waals surface area contributed by atoms with Crippen molar-refractivity contribution >= 4 is 22.4 Å². The van der Waals surface area contributed by atoms with Gasteiger partial charge in [0.2, 0.25) is 5.91 Å². The zero-order valence-electron chi connectivity index (χ0n) is 17.2. The maximum Gasteiger partial charge on any atom is 0.419 e. The molecule has 1 atom stereocenters. The van der Waals surface area contributed by atoms with Crippen molar-refractivity contribution in [2.24, 2.45) is 0 Å². The Hall–Kier alpha value is -3.20. The zero-order valence-corrected chi connectivity index (χ0v) is 17.2. The molecule has 2 heterocycles. The second kappa shape index (κ2) is 8.38. The highest BCUT2D eigenvalue weighted by atomic mass is 19.4. The van der Waals surface area contributed by atoms with E-state index in [-0.39, 0.29) is 23.6 Å². The molecule has 3 aromatic rings. The first-order valence-corrected chi connectivity index (χ1v) is 10.2. The Labute approximate surface area is 181 Å². The molecule has 0 radical (unpaired) electrons. The van der Waals surface area contributed by atoms with Gasteiger partial charge in [0.1, 0.15) is 5.82 Å². The number of rotatable bonds is 4. The Morgan fingerprint density at radius 3 is 2.66 bits per heavy atom. The highest BCUT2D eigenvalue weighted by Gasteiger charge is 2.34. The lowest BCUT2D eigenvalue weighted by Crippen LogP contribution is -2.26. The van der Waals surface area contributed by atoms with Gasteiger partial charge in [0, 0.05) is 23.5 Å². The van der Waals surface area contributed by atoms with Gasteiger partial charge in [-0.2, -0.15) is 13.2 Å². The number of amides is 1. The molecule has 1 aromatic heterocycles. The monoisotopic (exact) mass is 447 g/mol. The zero-order chi connectivity index (χ0) is 23.0. The third kappa shape index (κ3) is 4.25. The molecule has 2 aromatic carbocycles. The first kappa shape index (κ1) is 22.0. The average molecular weight is 447 g/mol. The molecule has 168 valence electrons. The Morgan fingerprint density at radius 1 is 1.19 bits per heavy atom. The number of hydrogen-bond acceptors (Lipinski definition) is 3. The van der Waals surface area contributed by atoms with E-state index >= 15 is 0 Å². The highest BCUT2D eigenvalue weighted by Crippen LogP contribution is 2.32. The Bertz CT molecular complexity index is 1240. The molecular formula is C23H21F4N3O2. The summed E-state index contributed by atoms with van der Waals surface area (Å²) in [6, 6.07) is 7.74. The normalized spacial score (nSPS) is 16.5. The van der Waals surface area contributed by atoms with Crippen molar-refractivity contribution in [2.75, 3.05) is 18.4 Å². The van der Waals surface area contributed by atoms with Gasteiger partial charge in [-0.05, 0) is 55.3 Å². The third-order valence-electron chi connectivity index (χ3n) is 5.71. The van der Waals surface area contributed by atoms with Crippen LogP contribution in [0.5, 0.6) is 0 Å². The van der Waals surface area contributed by atoms with Gasteiger partial charge in [-0.3, -0.25) is 9.59 Å². The fourth-order valence-electron chi connectivity index (χ4n) is 4.05. The van der Waals surface area contributed by atoms with E-state index in [4.69, 9.17) is 0 Å². The number of pyridine rings is 1. The summed E-state index contributed by atoms with van der Waals surface area (Å²) in [5, 5.41) is 6.94. The van der Waals surface area contributed by atoms with Gasteiger partial charge in [-0.15, -0.1) is 0 Å². The maximum atomic E-state index is 13.5. The van der Waals surface area contributed by atoms with E-state index in [9.17, 15) is 27.2 Å². The molecular weight excluding hydrogens is 426 g/mol. The SMILES string of the molecule is Cc1ccc2c(=O)n(C3CCNC3)ccc2c1NC(=O)Cc1ccc(F)c(C(F)(F)F)c1. The van der Waals surface area contributed by atoms with Crippen LogP contribution in [0, 0.1) is 12.7 Å². The number of aromatic nitrogens is 1. The number of benzene rings is 2. The summed E-state index contributed by atoms with van der Waals surface area (Å²) in [7, 11) is 0.